The molecule has 2 heteroatoms. The van der Waals surface area contributed by atoms with Gasteiger partial charge in [0.2, 0.25) is 0 Å². The lowest BCUT2D eigenvalue weighted by molar-refractivity contribution is 1.28. The van der Waals surface area contributed by atoms with Crippen molar-refractivity contribution in [2.75, 3.05) is 4.90 Å². The maximum Gasteiger partial charge on any atom is 0.0462 e. The van der Waals surface area contributed by atoms with Crippen molar-refractivity contribution in [1.82, 2.24) is 0 Å². The molecule has 0 aliphatic rings. The predicted octanol–water partition coefficient (Wildman–Crippen LogP) is 15.3. The number of nitrogens with zero attached hydrogens (tertiary/aromatic N) is 1. The van der Waals surface area contributed by atoms with E-state index in [1.54, 1.807) is 0 Å². The lowest BCUT2D eigenvalue weighted by Crippen LogP contribution is -2.09. The van der Waals surface area contributed by atoms with Crippen molar-refractivity contribution in [2.24, 2.45) is 0 Å². The molecule has 1 heterocycles. The summed E-state index contributed by atoms with van der Waals surface area (Å²) in [5.41, 5.74) is 13.1. The van der Waals surface area contributed by atoms with Crippen LogP contribution in [-0.2, 0) is 0 Å². The maximum absolute atomic E-state index is 2.35. The Morgan fingerprint density at radius 2 is 0.778 bits per heavy atom. The molecule has 0 N–H and O–H groups in total. The third-order valence-corrected chi connectivity index (χ3v) is 11.7. The van der Waals surface area contributed by atoms with Gasteiger partial charge in [0, 0.05) is 37.2 Å². The molecule has 0 fully saturated rings. The van der Waals surface area contributed by atoms with Gasteiger partial charge in [-0.3, -0.25) is 0 Å². The minimum Gasteiger partial charge on any atom is -0.311 e. The minimum absolute atomic E-state index is 1.11. The summed E-state index contributed by atoms with van der Waals surface area (Å²) in [7, 11) is 0. The van der Waals surface area contributed by atoms with Gasteiger partial charge in [0.15, 0.2) is 0 Å². The van der Waals surface area contributed by atoms with Gasteiger partial charge in [-0.1, -0.05) is 158 Å². The van der Waals surface area contributed by atoms with E-state index in [9.17, 15) is 0 Å². The van der Waals surface area contributed by atoms with Crippen LogP contribution in [0.3, 0.4) is 0 Å². The highest BCUT2D eigenvalue weighted by Crippen LogP contribution is 2.42. The summed E-state index contributed by atoms with van der Waals surface area (Å²) in [5.74, 6) is 0. The van der Waals surface area contributed by atoms with E-state index in [-0.39, 0.29) is 0 Å². The Hall–Kier alpha value is -6.74. The molecule has 0 unspecified atom stereocenters. The van der Waals surface area contributed by atoms with Gasteiger partial charge in [-0.15, -0.1) is 11.3 Å². The fourth-order valence-corrected chi connectivity index (χ4v) is 8.93. The summed E-state index contributed by atoms with van der Waals surface area (Å²) < 4.78 is 2.67. The number of thiophene rings is 1. The van der Waals surface area contributed by atoms with Gasteiger partial charge in [-0.2, -0.15) is 0 Å². The molecule has 0 spiro atoms. The van der Waals surface area contributed by atoms with Crippen molar-refractivity contribution in [2.45, 2.75) is 0 Å². The molecule has 10 rings (SSSR count). The average Bonchev–Trinajstić information content (AvgIpc) is 3.64. The third kappa shape index (κ3) is 5.93. The zero-order valence-corrected chi connectivity index (χ0v) is 30.4. The Morgan fingerprint density at radius 1 is 0.296 bits per heavy atom. The van der Waals surface area contributed by atoms with E-state index in [2.05, 4.69) is 217 Å². The number of fused-ring (bicyclic) bond motifs is 4. The van der Waals surface area contributed by atoms with Crippen molar-refractivity contribution in [3.8, 4) is 44.5 Å². The summed E-state index contributed by atoms with van der Waals surface area (Å²) in [6.45, 7) is 0. The Labute approximate surface area is 319 Å². The molecular formula is C52H35NS. The Balaban J connectivity index is 1.01. The second-order valence-corrected chi connectivity index (χ2v) is 14.8. The lowest BCUT2D eigenvalue weighted by atomic mass is 9.97. The van der Waals surface area contributed by atoms with Crippen LogP contribution in [0.25, 0.3) is 75.5 Å². The fourth-order valence-electron chi connectivity index (χ4n) is 7.70. The SMILES string of the molecule is c1ccc(-c2ccc(N(c3ccc(-c4cccc(-c5cccc6c5sc5ccccc56)c4)cc3)c3ccc(-c4ccc5ccccc5c4)cc3)cc2)cc1. The van der Waals surface area contributed by atoms with Crippen LogP contribution in [0.15, 0.2) is 212 Å². The van der Waals surface area contributed by atoms with Crippen molar-refractivity contribution in [3.63, 3.8) is 0 Å². The lowest BCUT2D eigenvalue weighted by Gasteiger charge is -2.26. The van der Waals surface area contributed by atoms with E-state index in [0.29, 0.717) is 0 Å². The Bertz CT molecular complexity index is 2900. The molecule has 0 atom stereocenters. The fraction of sp³-hybridized carbons (Fsp3) is 0. The highest BCUT2D eigenvalue weighted by atomic mass is 32.1. The second-order valence-electron chi connectivity index (χ2n) is 13.8. The molecule has 0 saturated carbocycles. The van der Waals surface area contributed by atoms with E-state index >= 15 is 0 Å². The van der Waals surface area contributed by atoms with Gasteiger partial charge < -0.3 is 4.90 Å². The van der Waals surface area contributed by atoms with Gasteiger partial charge in [0.25, 0.3) is 0 Å². The zero-order chi connectivity index (χ0) is 35.8. The van der Waals surface area contributed by atoms with Crippen LogP contribution >= 0.6 is 11.3 Å². The van der Waals surface area contributed by atoms with Gasteiger partial charge in [-0.25, -0.2) is 0 Å². The predicted molar refractivity (Wildman–Crippen MR) is 233 cm³/mol. The molecule has 254 valence electrons. The first-order chi connectivity index (χ1) is 26.7. The van der Waals surface area contributed by atoms with Gasteiger partial charge >= 0.3 is 0 Å². The molecule has 0 aliphatic carbocycles. The topological polar surface area (TPSA) is 3.24 Å². The van der Waals surface area contributed by atoms with Crippen LogP contribution in [0.5, 0.6) is 0 Å². The molecule has 1 nitrogen and oxygen atoms in total. The van der Waals surface area contributed by atoms with Crippen LogP contribution in [0.1, 0.15) is 0 Å². The average molecular weight is 706 g/mol. The smallest absolute Gasteiger partial charge is 0.0462 e. The molecule has 0 bridgehead atoms. The Kier molecular flexibility index (Phi) is 8.09. The minimum atomic E-state index is 1.11. The van der Waals surface area contributed by atoms with E-state index in [1.807, 2.05) is 11.3 Å². The summed E-state index contributed by atoms with van der Waals surface area (Å²) in [6.07, 6.45) is 0. The monoisotopic (exact) mass is 705 g/mol. The van der Waals surface area contributed by atoms with Gasteiger partial charge in [0.05, 0.1) is 0 Å². The molecule has 1 aromatic heterocycles. The number of hydrogen-bond acceptors (Lipinski definition) is 2. The zero-order valence-electron chi connectivity index (χ0n) is 29.6. The molecule has 0 saturated heterocycles. The number of anilines is 3. The van der Waals surface area contributed by atoms with Crippen LogP contribution in [-0.4, -0.2) is 0 Å². The number of rotatable bonds is 7. The molecule has 0 radical (unpaired) electrons. The van der Waals surface area contributed by atoms with E-state index in [0.717, 1.165) is 17.1 Å². The van der Waals surface area contributed by atoms with Crippen LogP contribution in [0.4, 0.5) is 17.1 Å². The summed E-state index contributed by atoms with van der Waals surface area (Å²) >= 11 is 1.88. The van der Waals surface area contributed by atoms with E-state index < -0.39 is 0 Å². The molecule has 0 aliphatic heterocycles. The molecule has 54 heavy (non-hydrogen) atoms. The largest absolute Gasteiger partial charge is 0.311 e. The van der Waals surface area contributed by atoms with E-state index in [4.69, 9.17) is 0 Å². The van der Waals surface area contributed by atoms with Crippen LogP contribution in [0.2, 0.25) is 0 Å². The van der Waals surface area contributed by atoms with Crippen molar-refractivity contribution >= 4 is 59.3 Å². The summed E-state index contributed by atoms with van der Waals surface area (Å²) in [5, 5.41) is 5.16. The van der Waals surface area contributed by atoms with Crippen molar-refractivity contribution in [3.05, 3.63) is 212 Å². The summed E-state index contributed by atoms with van der Waals surface area (Å²) in [4.78, 5) is 2.35. The number of benzene rings is 9. The molecular weight excluding hydrogens is 671 g/mol. The standard InChI is InChI=1S/C52H35NS/c1-2-10-36(11-3-1)38-22-28-45(29-23-38)53(47-32-26-40(27-33-47)43-21-20-37-12-4-5-13-41(37)34-43)46-30-24-39(25-31-46)42-14-8-15-44(35-42)48-17-9-18-50-49-16-6-7-19-51(49)54-52(48)50/h1-35H. The second kappa shape index (κ2) is 13.7. The van der Waals surface area contributed by atoms with Crippen LogP contribution < -0.4 is 4.90 Å². The molecule has 10 aromatic rings. The molecule has 0 amide bonds. The third-order valence-electron chi connectivity index (χ3n) is 10.5. The first-order valence-corrected chi connectivity index (χ1v) is 19.2. The normalized spacial score (nSPS) is 11.3. The number of hydrogen-bond donors (Lipinski definition) is 0. The first kappa shape index (κ1) is 32.0. The maximum atomic E-state index is 2.35. The Morgan fingerprint density at radius 3 is 1.48 bits per heavy atom. The van der Waals surface area contributed by atoms with Gasteiger partial charge in [-0.05, 0) is 110 Å². The van der Waals surface area contributed by atoms with Gasteiger partial charge in [0.1, 0.15) is 0 Å². The van der Waals surface area contributed by atoms with E-state index in [1.165, 1.54) is 75.5 Å². The quantitative estimate of drug-likeness (QED) is 0.160. The summed E-state index contributed by atoms with van der Waals surface area (Å²) in [6, 6.07) is 77.0. The highest BCUT2D eigenvalue weighted by molar-refractivity contribution is 7.26. The van der Waals surface area contributed by atoms with Crippen molar-refractivity contribution < 1.29 is 0 Å². The van der Waals surface area contributed by atoms with Crippen molar-refractivity contribution in [1.29, 1.82) is 0 Å². The first-order valence-electron chi connectivity index (χ1n) is 18.4. The van der Waals surface area contributed by atoms with Crippen LogP contribution in [0, 0.1) is 0 Å². The highest BCUT2D eigenvalue weighted by Gasteiger charge is 2.15. The molecule has 9 aromatic carbocycles.